The molecule has 4 nitrogen and oxygen atoms in total. The van der Waals surface area contributed by atoms with Crippen LogP contribution in [0.3, 0.4) is 0 Å². The molecule has 0 aliphatic rings. The molecule has 18 heavy (non-hydrogen) atoms. The van der Waals surface area contributed by atoms with E-state index in [0.717, 1.165) is 12.3 Å². The van der Waals surface area contributed by atoms with E-state index in [1.165, 1.54) is 12.1 Å². The predicted octanol–water partition coefficient (Wildman–Crippen LogP) is 3.19. The lowest BCUT2D eigenvalue weighted by molar-refractivity contribution is 0.618. The van der Waals surface area contributed by atoms with Crippen LogP contribution in [-0.2, 0) is 0 Å². The van der Waals surface area contributed by atoms with Crippen LogP contribution in [0.25, 0.3) is 0 Å². The third kappa shape index (κ3) is 2.65. The molecule has 0 aliphatic heterocycles. The van der Waals surface area contributed by atoms with Gasteiger partial charge in [-0.25, -0.2) is 13.8 Å². The van der Waals surface area contributed by atoms with Crippen molar-refractivity contribution < 1.29 is 8.78 Å². The number of nitrogens with zero attached hydrogens (tertiary/aromatic N) is 2. The molecule has 1 heterocycles. The summed E-state index contributed by atoms with van der Waals surface area (Å²) >= 11 is 5.55. The highest BCUT2D eigenvalue weighted by atomic mass is 35.5. The van der Waals surface area contributed by atoms with Crippen LogP contribution < -0.4 is 10.6 Å². The Labute approximate surface area is 107 Å². The summed E-state index contributed by atoms with van der Waals surface area (Å²) < 4.78 is 26.7. The van der Waals surface area contributed by atoms with Crippen LogP contribution in [0, 0.1) is 11.6 Å². The second-order valence-corrected chi connectivity index (χ2v) is 3.80. The predicted molar refractivity (Wildman–Crippen MR) is 66.2 cm³/mol. The summed E-state index contributed by atoms with van der Waals surface area (Å²) in [5, 5.41) is 5.33. The number of anilines is 3. The average molecular weight is 271 g/mol. The Kier molecular flexibility index (Phi) is 3.57. The maximum atomic E-state index is 13.4. The summed E-state index contributed by atoms with van der Waals surface area (Å²) in [6.45, 7) is 0. The van der Waals surface area contributed by atoms with Gasteiger partial charge in [0.1, 0.15) is 5.82 Å². The Hall–Kier alpha value is -1.95. The smallest absolute Gasteiger partial charge is 0.224 e. The van der Waals surface area contributed by atoms with Crippen molar-refractivity contribution in [3.8, 4) is 0 Å². The van der Waals surface area contributed by atoms with Gasteiger partial charge in [-0.15, -0.1) is 0 Å². The van der Waals surface area contributed by atoms with Crippen LogP contribution in [-0.4, -0.2) is 17.0 Å². The lowest BCUT2D eigenvalue weighted by Gasteiger charge is -2.08. The molecule has 2 rings (SSSR count). The molecule has 0 unspecified atom stereocenters. The number of benzene rings is 1. The number of hydrogen-bond acceptors (Lipinski definition) is 4. The van der Waals surface area contributed by atoms with Gasteiger partial charge in [-0.3, -0.25) is 0 Å². The minimum atomic E-state index is -0.635. The van der Waals surface area contributed by atoms with E-state index in [-0.39, 0.29) is 16.8 Å². The standard InChI is InChI=1S/C11H9ClF2N4/c1-15-11-16-5-9(14)10(18-11)17-6-2-3-7(12)8(13)4-6/h2-5H,1H3,(H2,15,16,17,18). The average Bonchev–Trinajstić information content (AvgIpc) is 2.36. The van der Waals surface area contributed by atoms with E-state index in [4.69, 9.17) is 11.6 Å². The SMILES string of the molecule is CNc1ncc(F)c(Nc2ccc(Cl)c(F)c2)n1. The molecule has 0 spiro atoms. The third-order valence-electron chi connectivity index (χ3n) is 2.15. The fraction of sp³-hybridized carbons (Fsp3) is 0.0909. The summed E-state index contributed by atoms with van der Waals surface area (Å²) in [6.07, 6.45) is 1.02. The zero-order chi connectivity index (χ0) is 13.1. The topological polar surface area (TPSA) is 49.8 Å². The van der Waals surface area contributed by atoms with Crippen molar-refractivity contribution in [3.63, 3.8) is 0 Å². The van der Waals surface area contributed by atoms with Crippen molar-refractivity contribution in [2.75, 3.05) is 17.7 Å². The molecule has 0 bridgehead atoms. The van der Waals surface area contributed by atoms with Gasteiger partial charge >= 0.3 is 0 Å². The molecule has 0 aliphatic carbocycles. The van der Waals surface area contributed by atoms with Crippen molar-refractivity contribution >= 4 is 29.1 Å². The monoisotopic (exact) mass is 270 g/mol. The molecular weight excluding hydrogens is 262 g/mol. The highest BCUT2D eigenvalue weighted by Crippen LogP contribution is 2.22. The first kappa shape index (κ1) is 12.5. The number of nitrogens with one attached hydrogen (secondary N) is 2. The normalized spacial score (nSPS) is 10.2. The highest BCUT2D eigenvalue weighted by Gasteiger charge is 2.08. The van der Waals surface area contributed by atoms with E-state index >= 15 is 0 Å². The number of aromatic nitrogens is 2. The molecule has 0 amide bonds. The van der Waals surface area contributed by atoms with Gasteiger partial charge < -0.3 is 10.6 Å². The van der Waals surface area contributed by atoms with E-state index < -0.39 is 11.6 Å². The number of halogens is 3. The molecule has 1 aromatic heterocycles. The largest absolute Gasteiger partial charge is 0.357 e. The molecule has 0 saturated heterocycles. The second kappa shape index (κ2) is 5.14. The van der Waals surface area contributed by atoms with E-state index in [0.29, 0.717) is 5.69 Å². The quantitative estimate of drug-likeness (QED) is 0.899. The van der Waals surface area contributed by atoms with Crippen LogP contribution >= 0.6 is 11.6 Å². The number of hydrogen-bond donors (Lipinski definition) is 2. The Morgan fingerprint density at radius 2 is 2.00 bits per heavy atom. The van der Waals surface area contributed by atoms with Gasteiger partial charge in [0.25, 0.3) is 0 Å². The molecule has 0 radical (unpaired) electrons. The van der Waals surface area contributed by atoms with Crippen LogP contribution in [0.15, 0.2) is 24.4 Å². The second-order valence-electron chi connectivity index (χ2n) is 3.39. The fourth-order valence-electron chi connectivity index (χ4n) is 1.29. The van der Waals surface area contributed by atoms with E-state index in [1.807, 2.05) is 0 Å². The Morgan fingerprint density at radius 1 is 1.22 bits per heavy atom. The first-order valence-corrected chi connectivity index (χ1v) is 5.40. The minimum absolute atomic E-state index is 0.000349. The molecule has 2 N–H and O–H groups in total. The molecular formula is C11H9ClF2N4. The third-order valence-corrected chi connectivity index (χ3v) is 2.46. The van der Waals surface area contributed by atoms with Crippen molar-refractivity contribution in [1.29, 1.82) is 0 Å². The van der Waals surface area contributed by atoms with Gasteiger partial charge in [0, 0.05) is 12.7 Å². The maximum Gasteiger partial charge on any atom is 0.224 e. The summed E-state index contributed by atoms with van der Waals surface area (Å²) in [5.41, 5.74) is 0.344. The Bertz CT molecular complexity index is 577. The summed E-state index contributed by atoms with van der Waals surface area (Å²) in [5.74, 6) is -1.02. The number of rotatable bonds is 3. The summed E-state index contributed by atoms with van der Waals surface area (Å²) in [7, 11) is 1.61. The van der Waals surface area contributed by atoms with Crippen LogP contribution in [0.2, 0.25) is 5.02 Å². The molecule has 94 valence electrons. The molecule has 0 fully saturated rings. The Morgan fingerprint density at radius 3 is 2.67 bits per heavy atom. The van der Waals surface area contributed by atoms with Crippen molar-refractivity contribution in [2.24, 2.45) is 0 Å². The fourth-order valence-corrected chi connectivity index (χ4v) is 1.40. The van der Waals surface area contributed by atoms with Crippen LogP contribution in [0.1, 0.15) is 0 Å². The van der Waals surface area contributed by atoms with Gasteiger partial charge in [-0.05, 0) is 18.2 Å². The minimum Gasteiger partial charge on any atom is -0.357 e. The lowest BCUT2D eigenvalue weighted by Crippen LogP contribution is -2.03. The zero-order valence-electron chi connectivity index (χ0n) is 9.34. The highest BCUT2D eigenvalue weighted by molar-refractivity contribution is 6.30. The van der Waals surface area contributed by atoms with Crippen molar-refractivity contribution in [2.45, 2.75) is 0 Å². The first-order valence-electron chi connectivity index (χ1n) is 5.02. The molecule has 0 saturated carbocycles. The van der Waals surface area contributed by atoms with Crippen molar-refractivity contribution in [3.05, 3.63) is 41.1 Å². The Balaban J connectivity index is 2.30. The molecule has 7 heteroatoms. The van der Waals surface area contributed by atoms with E-state index in [2.05, 4.69) is 20.6 Å². The van der Waals surface area contributed by atoms with Crippen molar-refractivity contribution in [1.82, 2.24) is 9.97 Å². The van der Waals surface area contributed by atoms with Crippen LogP contribution in [0.5, 0.6) is 0 Å². The van der Waals surface area contributed by atoms with Gasteiger partial charge in [-0.1, -0.05) is 11.6 Å². The summed E-state index contributed by atoms with van der Waals surface area (Å²) in [4.78, 5) is 7.57. The van der Waals surface area contributed by atoms with E-state index in [1.54, 1.807) is 7.05 Å². The van der Waals surface area contributed by atoms with Gasteiger partial charge in [0.05, 0.1) is 11.2 Å². The van der Waals surface area contributed by atoms with Crippen LogP contribution in [0.4, 0.5) is 26.2 Å². The zero-order valence-corrected chi connectivity index (χ0v) is 10.1. The summed E-state index contributed by atoms with van der Waals surface area (Å²) in [6, 6.07) is 4.05. The van der Waals surface area contributed by atoms with Gasteiger partial charge in [0.2, 0.25) is 5.95 Å². The van der Waals surface area contributed by atoms with Gasteiger partial charge in [0.15, 0.2) is 11.6 Å². The first-order chi connectivity index (χ1) is 8.60. The van der Waals surface area contributed by atoms with Gasteiger partial charge in [-0.2, -0.15) is 4.98 Å². The lowest BCUT2D eigenvalue weighted by atomic mass is 10.3. The maximum absolute atomic E-state index is 13.4. The molecule has 0 atom stereocenters. The molecule has 1 aromatic carbocycles. The van der Waals surface area contributed by atoms with E-state index in [9.17, 15) is 8.78 Å². The molecule has 2 aromatic rings.